The third-order valence-corrected chi connectivity index (χ3v) is 11.4. The fraction of sp³-hybridized carbons (Fsp3) is 0.255. The first kappa shape index (κ1) is 37.1. The second-order valence-corrected chi connectivity index (χ2v) is 14.8. The minimum Gasteiger partial charge on any atom is -0.192 e. The Morgan fingerprint density at radius 3 is 1.06 bits per heavy atom. The van der Waals surface area contributed by atoms with E-state index in [1.165, 1.54) is 110 Å². The van der Waals surface area contributed by atoms with Gasteiger partial charge in [-0.25, -0.2) is 0 Å². The minimum atomic E-state index is 0.750. The van der Waals surface area contributed by atoms with E-state index in [1.54, 1.807) is 0 Å². The first-order chi connectivity index (χ1) is 25.7. The Bertz CT molecular complexity index is 2160. The molecule has 0 amide bonds. The Labute approximate surface area is 317 Å². The molecule has 6 rings (SSSR count). The topological polar surface area (TPSA) is 47.6 Å². The summed E-state index contributed by atoms with van der Waals surface area (Å²) in [6, 6.07) is 44.4. The lowest BCUT2D eigenvalue weighted by Gasteiger charge is -2.14. The average molecular weight is 691 g/mol. The summed E-state index contributed by atoms with van der Waals surface area (Å²) in [6.45, 7) is 12.7. The zero-order valence-corrected chi connectivity index (χ0v) is 32.2. The highest BCUT2D eigenvalue weighted by molar-refractivity contribution is 5.78. The predicted octanol–water partition coefficient (Wildman–Crippen LogP) is 13.7. The molecule has 6 aromatic carbocycles. The van der Waals surface area contributed by atoms with Crippen LogP contribution in [0, 0.1) is 64.2 Å². The Hall–Kier alpha value is -5.70. The van der Waals surface area contributed by atoms with Gasteiger partial charge in [0, 0.05) is 0 Å². The molecule has 0 saturated carbocycles. The Balaban J connectivity index is 0.936. The van der Waals surface area contributed by atoms with Crippen LogP contribution >= 0.6 is 0 Å². The van der Waals surface area contributed by atoms with Crippen molar-refractivity contribution in [3.05, 3.63) is 165 Å². The van der Waals surface area contributed by atoms with Crippen molar-refractivity contribution in [2.75, 3.05) is 0 Å². The van der Waals surface area contributed by atoms with Crippen LogP contribution < -0.4 is 0 Å². The molecule has 53 heavy (non-hydrogen) atoms. The number of nitrogens with zero attached hydrogens (tertiary/aromatic N) is 2. The van der Waals surface area contributed by atoms with Gasteiger partial charge in [0.05, 0.1) is 23.3 Å². The van der Waals surface area contributed by atoms with Crippen molar-refractivity contribution in [2.45, 2.75) is 86.5 Å². The lowest BCUT2D eigenvalue weighted by molar-refractivity contribution is 0.613. The third kappa shape index (κ3) is 8.35. The molecule has 0 unspecified atom stereocenters. The van der Waals surface area contributed by atoms with E-state index in [4.69, 9.17) is 0 Å². The maximum atomic E-state index is 9.39. The van der Waals surface area contributed by atoms with Gasteiger partial charge in [-0.1, -0.05) is 116 Å². The van der Waals surface area contributed by atoms with Crippen LogP contribution in [0.2, 0.25) is 0 Å². The van der Waals surface area contributed by atoms with Gasteiger partial charge in [-0.15, -0.1) is 0 Å². The van der Waals surface area contributed by atoms with Gasteiger partial charge in [0.15, 0.2) is 0 Å². The van der Waals surface area contributed by atoms with Gasteiger partial charge in [0.1, 0.15) is 0 Å². The summed E-state index contributed by atoms with van der Waals surface area (Å²) in [7, 11) is 0. The molecule has 0 aliphatic carbocycles. The van der Waals surface area contributed by atoms with Crippen LogP contribution in [0.5, 0.6) is 0 Å². The van der Waals surface area contributed by atoms with Crippen molar-refractivity contribution in [3.63, 3.8) is 0 Å². The van der Waals surface area contributed by atoms with Gasteiger partial charge in [0.2, 0.25) is 0 Å². The van der Waals surface area contributed by atoms with Crippen molar-refractivity contribution in [1.29, 1.82) is 10.5 Å². The van der Waals surface area contributed by atoms with E-state index in [9.17, 15) is 10.5 Å². The molecule has 2 heteroatoms. The fourth-order valence-corrected chi connectivity index (χ4v) is 7.67. The summed E-state index contributed by atoms with van der Waals surface area (Å²) in [5, 5.41) is 18.8. The molecule has 0 N–H and O–H groups in total. The SMILES string of the molecule is Cc1cc(-c2ccc(CCCCCCCc3ccc(-c4ccc(-c5ccc(C#N)c(C)c5C)c(C)c4)cc3)cc2)ccc1-c1ccc(C#N)c(C)c1C. The van der Waals surface area contributed by atoms with Gasteiger partial charge < -0.3 is 0 Å². The highest BCUT2D eigenvalue weighted by Crippen LogP contribution is 2.34. The lowest BCUT2D eigenvalue weighted by Crippen LogP contribution is -1.94. The highest BCUT2D eigenvalue weighted by atomic mass is 14.3. The van der Waals surface area contributed by atoms with Gasteiger partial charge in [-0.2, -0.15) is 10.5 Å². The van der Waals surface area contributed by atoms with Crippen LogP contribution in [0.15, 0.2) is 109 Å². The second-order valence-electron chi connectivity index (χ2n) is 14.8. The van der Waals surface area contributed by atoms with Crippen molar-refractivity contribution in [2.24, 2.45) is 0 Å². The van der Waals surface area contributed by atoms with Crippen molar-refractivity contribution < 1.29 is 0 Å². The van der Waals surface area contributed by atoms with Crippen molar-refractivity contribution >= 4 is 0 Å². The molecule has 0 bridgehead atoms. The molecule has 0 atom stereocenters. The molecule has 2 nitrogen and oxygen atoms in total. The van der Waals surface area contributed by atoms with E-state index < -0.39 is 0 Å². The molecule has 0 saturated heterocycles. The molecule has 0 heterocycles. The maximum absolute atomic E-state index is 9.39. The number of rotatable bonds is 12. The van der Waals surface area contributed by atoms with E-state index in [-0.39, 0.29) is 0 Å². The van der Waals surface area contributed by atoms with Crippen LogP contribution in [-0.4, -0.2) is 0 Å². The van der Waals surface area contributed by atoms with Gasteiger partial charge >= 0.3 is 0 Å². The molecule has 6 aromatic rings. The van der Waals surface area contributed by atoms with E-state index in [1.807, 2.05) is 26.0 Å². The predicted molar refractivity (Wildman–Crippen MR) is 223 cm³/mol. The van der Waals surface area contributed by atoms with Crippen molar-refractivity contribution in [1.82, 2.24) is 0 Å². The van der Waals surface area contributed by atoms with E-state index in [0.717, 1.165) is 35.1 Å². The number of nitriles is 2. The van der Waals surface area contributed by atoms with Crippen molar-refractivity contribution in [3.8, 4) is 56.6 Å². The Kier molecular flexibility index (Phi) is 11.7. The summed E-state index contributed by atoms with van der Waals surface area (Å²) in [5.41, 5.74) is 21.2. The van der Waals surface area contributed by atoms with Gasteiger partial charge in [0.25, 0.3) is 0 Å². The first-order valence-electron chi connectivity index (χ1n) is 19.1. The number of hydrogen-bond acceptors (Lipinski definition) is 2. The minimum absolute atomic E-state index is 0.750. The van der Waals surface area contributed by atoms with Gasteiger partial charge in [-0.05, 0) is 168 Å². The summed E-state index contributed by atoms with van der Waals surface area (Å²) >= 11 is 0. The smallest absolute Gasteiger partial charge is 0.0994 e. The molecular formula is C51H50N2. The summed E-state index contributed by atoms with van der Waals surface area (Å²) in [6.07, 6.45) is 8.54. The number of aryl methyl sites for hydroxylation is 4. The average Bonchev–Trinajstić information content (AvgIpc) is 3.17. The third-order valence-electron chi connectivity index (χ3n) is 11.4. The zero-order chi connectivity index (χ0) is 37.5. The summed E-state index contributed by atoms with van der Waals surface area (Å²) in [5.74, 6) is 0. The highest BCUT2D eigenvalue weighted by Gasteiger charge is 2.13. The maximum Gasteiger partial charge on any atom is 0.0994 e. The largest absolute Gasteiger partial charge is 0.192 e. The van der Waals surface area contributed by atoms with E-state index in [0.29, 0.717) is 0 Å². The molecule has 0 spiro atoms. The fourth-order valence-electron chi connectivity index (χ4n) is 7.67. The Morgan fingerprint density at radius 2 is 0.698 bits per heavy atom. The van der Waals surface area contributed by atoms with Gasteiger partial charge in [-0.3, -0.25) is 0 Å². The molecule has 0 radical (unpaired) electrons. The second kappa shape index (κ2) is 16.8. The zero-order valence-electron chi connectivity index (χ0n) is 32.2. The van der Waals surface area contributed by atoms with E-state index >= 15 is 0 Å². The molecule has 0 aromatic heterocycles. The van der Waals surface area contributed by atoms with Crippen LogP contribution in [0.25, 0.3) is 44.5 Å². The Morgan fingerprint density at radius 1 is 0.358 bits per heavy atom. The summed E-state index contributed by atoms with van der Waals surface area (Å²) in [4.78, 5) is 0. The molecule has 0 aliphatic rings. The monoisotopic (exact) mass is 690 g/mol. The standard InChI is InChI=1S/C51H50N2/c1-34-30-44(22-26-48(34)50-28-24-46(32-52)36(3)38(50)5)42-18-14-40(15-19-42)12-10-8-7-9-11-13-41-16-20-43(21-17-41)45-23-27-49(35(2)31-45)51-29-25-47(33-53)37(4)39(51)6/h14-31H,7-13H2,1-6H3. The molecule has 264 valence electrons. The number of benzene rings is 6. The normalized spacial score (nSPS) is 10.9. The lowest BCUT2D eigenvalue weighted by atomic mass is 9.90. The molecule has 0 fully saturated rings. The molecule has 0 aliphatic heterocycles. The van der Waals surface area contributed by atoms with Crippen LogP contribution in [-0.2, 0) is 12.8 Å². The first-order valence-corrected chi connectivity index (χ1v) is 19.1. The quantitative estimate of drug-likeness (QED) is 0.120. The summed E-state index contributed by atoms with van der Waals surface area (Å²) < 4.78 is 0. The number of unbranched alkanes of at least 4 members (excludes halogenated alkanes) is 4. The van der Waals surface area contributed by atoms with Crippen LogP contribution in [0.4, 0.5) is 0 Å². The molecular weight excluding hydrogens is 641 g/mol. The van der Waals surface area contributed by atoms with Crippen LogP contribution in [0.1, 0.15) is 87.7 Å². The number of hydrogen-bond donors (Lipinski definition) is 0. The van der Waals surface area contributed by atoms with Crippen LogP contribution in [0.3, 0.4) is 0 Å². The van der Waals surface area contributed by atoms with E-state index in [2.05, 4.69) is 137 Å².